The minimum Gasteiger partial charge on any atom is -0.351 e. The van der Waals surface area contributed by atoms with Crippen molar-refractivity contribution < 1.29 is 9.59 Å². The lowest BCUT2D eigenvalue weighted by molar-refractivity contribution is -0.156. The van der Waals surface area contributed by atoms with Crippen molar-refractivity contribution in [3.05, 3.63) is 35.9 Å². The summed E-state index contributed by atoms with van der Waals surface area (Å²) in [6, 6.07) is 11.5. The molecule has 2 aliphatic rings. The molecule has 2 heterocycles. The van der Waals surface area contributed by atoms with E-state index in [2.05, 4.69) is 11.4 Å². The number of benzene rings is 1. The van der Waals surface area contributed by atoms with Crippen molar-refractivity contribution in [3.8, 4) is 6.07 Å². The molecule has 0 saturated carbocycles. The fraction of sp³-hybridized carbons (Fsp3) is 0.500. The van der Waals surface area contributed by atoms with Crippen LogP contribution in [0, 0.1) is 22.7 Å². The molecule has 5 heteroatoms. The Hall–Kier alpha value is -2.35. The molecule has 2 saturated heterocycles. The van der Waals surface area contributed by atoms with E-state index in [-0.39, 0.29) is 17.7 Å². The summed E-state index contributed by atoms with van der Waals surface area (Å²) in [6.45, 7) is 5.93. The number of carbonyl (C=O) groups is 2. The van der Waals surface area contributed by atoms with Crippen molar-refractivity contribution in [2.45, 2.75) is 38.8 Å². The SMILES string of the molecule is CC(C)C(=O)N1C(c2ccccc2)C(C)(C#N)CC12CNC2=O. The van der Waals surface area contributed by atoms with E-state index in [1.54, 1.807) is 4.90 Å². The summed E-state index contributed by atoms with van der Waals surface area (Å²) in [6.07, 6.45) is 0.375. The van der Waals surface area contributed by atoms with Crippen LogP contribution in [-0.4, -0.2) is 28.8 Å². The molecule has 3 rings (SSSR count). The van der Waals surface area contributed by atoms with E-state index in [0.29, 0.717) is 13.0 Å². The highest BCUT2D eigenvalue weighted by molar-refractivity contribution is 5.98. The number of rotatable bonds is 2. The molecule has 2 aliphatic heterocycles. The average molecular weight is 311 g/mol. The summed E-state index contributed by atoms with van der Waals surface area (Å²) in [7, 11) is 0. The number of carbonyl (C=O) groups excluding carboxylic acids is 2. The number of nitriles is 1. The third-order valence-electron chi connectivity index (χ3n) is 5.05. The van der Waals surface area contributed by atoms with E-state index in [9.17, 15) is 14.9 Å². The van der Waals surface area contributed by atoms with E-state index < -0.39 is 17.0 Å². The zero-order valence-corrected chi connectivity index (χ0v) is 13.7. The Morgan fingerprint density at radius 2 is 2.04 bits per heavy atom. The molecule has 1 aromatic carbocycles. The van der Waals surface area contributed by atoms with Gasteiger partial charge in [-0.1, -0.05) is 44.2 Å². The lowest BCUT2D eigenvalue weighted by Crippen LogP contribution is -2.72. The minimum absolute atomic E-state index is 0.0762. The molecule has 0 bridgehead atoms. The molecule has 23 heavy (non-hydrogen) atoms. The first-order chi connectivity index (χ1) is 10.9. The molecule has 3 atom stereocenters. The standard InChI is InChI=1S/C18H21N3O2/c1-12(2)15(22)21-14(13-7-5-4-6-8-13)17(3,10-19)9-18(21)11-20-16(18)23/h4-8,12,14H,9,11H2,1-3H3,(H,20,23). The van der Waals surface area contributed by atoms with E-state index in [0.717, 1.165) is 5.56 Å². The first kappa shape index (κ1) is 15.5. The van der Waals surface area contributed by atoms with Crippen LogP contribution in [0.1, 0.15) is 38.8 Å². The Morgan fingerprint density at radius 1 is 1.39 bits per heavy atom. The number of nitrogens with one attached hydrogen (secondary N) is 1. The molecule has 0 aromatic heterocycles. The summed E-state index contributed by atoms with van der Waals surface area (Å²) in [5.41, 5.74) is -0.766. The average Bonchev–Trinajstić information content (AvgIpc) is 2.85. The summed E-state index contributed by atoms with van der Waals surface area (Å²) < 4.78 is 0. The van der Waals surface area contributed by atoms with Crippen molar-refractivity contribution in [2.75, 3.05) is 6.54 Å². The van der Waals surface area contributed by atoms with Crippen LogP contribution in [0.3, 0.4) is 0 Å². The topological polar surface area (TPSA) is 73.2 Å². The Labute approximate surface area is 136 Å². The summed E-state index contributed by atoms with van der Waals surface area (Å²) in [5, 5.41) is 12.6. The number of hydrogen-bond donors (Lipinski definition) is 1. The lowest BCUT2D eigenvalue weighted by atomic mass is 9.75. The van der Waals surface area contributed by atoms with E-state index >= 15 is 0 Å². The van der Waals surface area contributed by atoms with Gasteiger partial charge in [-0.25, -0.2) is 0 Å². The largest absolute Gasteiger partial charge is 0.351 e. The minimum atomic E-state index is -0.883. The second-order valence-corrected chi connectivity index (χ2v) is 7.10. The number of amides is 2. The van der Waals surface area contributed by atoms with Gasteiger partial charge in [0.15, 0.2) is 0 Å². The van der Waals surface area contributed by atoms with Crippen LogP contribution in [0.4, 0.5) is 0 Å². The lowest BCUT2D eigenvalue weighted by Gasteiger charge is -2.46. The highest BCUT2D eigenvalue weighted by Crippen LogP contribution is 2.56. The summed E-state index contributed by atoms with van der Waals surface area (Å²) in [4.78, 5) is 27.0. The predicted molar refractivity (Wildman–Crippen MR) is 84.9 cm³/mol. The molecule has 0 aliphatic carbocycles. The van der Waals surface area contributed by atoms with Crippen LogP contribution in [0.2, 0.25) is 0 Å². The van der Waals surface area contributed by atoms with Crippen LogP contribution < -0.4 is 5.32 Å². The highest BCUT2D eigenvalue weighted by atomic mass is 16.2. The normalized spacial score (nSPS) is 32.6. The van der Waals surface area contributed by atoms with Gasteiger partial charge in [-0.3, -0.25) is 9.59 Å². The monoisotopic (exact) mass is 311 g/mol. The van der Waals surface area contributed by atoms with Crippen molar-refractivity contribution in [3.63, 3.8) is 0 Å². The number of likely N-dealkylation sites (tertiary alicyclic amines) is 1. The van der Waals surface area contributed by atoms with Gasteiger partial charge in [-0.05, 0) is 12.5 Å². The predicted octanol–water partition coefficient (Wildman–Crippen LogP) is 2.01. The third kappa shape index (κ3) is 2.05. The molecule has 120 valence electrons. The second kappa shape index (κ2) is 5.09. The van der Waals surface area contributed by atoms with Gasteiger partial charge in [0.05, 0.1) is 24.1 Å². The zero-order valence-electron chi connectivity index (χ0n) is 13.7. The Morgan fingerprint density at radius 3 is 2.48 bits per heavy atom. The molecular weight excluding hydrogens is 290 g/mol. The second-order valence-electron chi connectivity index (χ2n) is 7.10. The van der Waals surface area contributed by atoms with Crippen molar-refractivity contribution in [1.82, 2.24) is 10.2 Å². The van der Waals surface area contributed by atoms with Crippen LogP contribution in [-0.2, 0) is 9.59 Å². The van der Waals surface area contributed by atoms with E-state index in [4.69, 9.17) is 0 Å². The van der Waals surface area contributed by atoms with Crippen molar-refractivity contribution in [2.24, 2.45) is 11.3 Å². The van der Waals surface area contributed by atoms with Gasteiger partial charge in [0.1, 0.15) is 5.54 Å². The number of β-lactam (4-membered cyclic amide) rings is 1. The fourth-order valence-corrected chi connectivity index (χ4v) is 3.89. The first-order valence-electron chi connectivity index (χ1n) is 7.93. The molecule has 2 fully saturated rings. The van der Waals surface area contributed by atoms with Gasteiger partial charge in [0.25, 0.3) is 0 Å². The van der Waals surface area contributed by atoms with Crippen LogP contribution in [0.5, 0.6) is 0 Å². The molecule has 1 N–H and O–H groups in total. The van der Waals surface area contributed by atoms with Crippen LogP contribution in [0.25, 0.3) is 0 Å². The molecule has 0 radical (unpaired) electrons. The van der Waals surface area contributed by atoms with Crippen molar-refractivity contribution in [1.29, 1.82) is 5.26 Å². The maximum atomic E-state index is 12.9. The van der Waals surface area contributed by atoms with E-state index in [1.165, 1.54) is 0 Å². The van der Waals surface area contributed by atoms with Crippen molar-refractivity contribution >= 4 is 11.8 Å². The maximum Gasteiger partial charge on any atom is 0.248 e. The van der Waals surface area contributed by atoms with Gasteiger partial charge < -0.3 is 10.2 Å². The Kier molecular flexibility index (Phi) is 3.44. The van der Waals surface area contributed by atoms with Gasteiger partial charge in [0.2, 0.25) is 11.8 Å². The summed E-state index contributed by atoms with van der Waals surface area (Å²) >= 11 is 0. The van der Waals surface area contributed by atoms with Crippen LogP contribution >= 0.6 is 0 Å². The van der Waals surface area contributed by atoms with Gasteiger partial charge in [-0.15, -0.1) is 0 Å². The van der Waals surface area contributed by atoms with Crippen LogP contribution in [0.15, 0.2) is 30.3 Å². The fourth-order valence-electron chi connectivity index (χ4n) is 3.89. The highest BCUT2D eigenvalue weighted by Gasteiger charge is 2.67. The van der Waals surface area contributed by atoms with Gasteiger partial charge >= 0.3 is 0 Å². The third-order valence-corrected chi connectivity index (χ3v) is 5.05. The molecular formula is C18H21N3O2. The number of nitrogens with zero attached hydrogens (tertiary/aromatic N) is 2. The molecule has 5 nitrogen and oxygen atoms in total. The quantitative estimate of drug-likeness (QED) is 0.849. The smallest absolute Gasteiger partial charge is 0.248 e. The Bertz CT molecular complexity index is 694. The Balaban J connectivity index is 2.17. The summed E-state index contributed by atoms with van der Waals surface area (Å²) in [5.74, 6) is -0.452. The molecule has 2 amide bonds. The zero-order chi connectivity index (χ0) is 16.8. The number of hydrogen-bond acceptors (Lipinski definition) is 3. The van der Waals surface area contributed by atoms with Gasteiger partial charge in [0, 0.05) is 12.3 Å². The van der Waals surface area contributed by atoms with E-state index in [1.807, 2.05) is 51.1 Å². The molecule has 1 aromatic rings. The molecule has 3 unspecified atom stereocenters. The first-order valence-corrected chi connectivity index (χ1v) is 7.93. The molecule has 1 spiro atoms. The van der Waals surface area contributed by atoms with Gasteiger partial charge in [-0.2, -0.15) is 5.26 Å². The maximum absolute atomic E-state index is 12.9.